The molecular weight excluding hydrogens is 421 g/mol. The van der Waals surface area contributed by atoms with Crippen molar-refractivity contribution in [3.05, 3.63) is 35.9 Å². The molecule has 0 spiro atoms. The lowest BCUT2D eigenvalue weighted by atomic mass is 10.0. The van der Waals surface area contributed by atoms with Crippen LogP contribution in [0.3, 0.4) is 0 Å². The van der Waals surface area contributed by atoms with Crippen molar-refractivity contribution in [3.63, 3.8) is 0 Å². The number of nitrogens with zero attached hydrogens (tertiary/aromatic N) is 1. The van der Waals surface area contributed by atoms with Crippen LogP contribution in [0.25, 0.3) is 5.57 Å². The van der Waals surface area contributed by atoms with E-state index in [-0.39, 0.29) is 15.9 Å². The summed E-state index contributed by atoms with van der Waals surface area (Å²) in [6.45, 7) is 24.2. The molecule has 0 aromatic carbocycles. The molecule has 0 unspecified atom stereocenters. The molecule has 0 amide bonds. The van der Waals surface area contributed by atoms with E-state index in [9.17, 15) is 4.39 Å². The Morgan fingerprint density at radius 1 is 0.903 bits per heavy atom. The molecule has 6 heteroatoms. The first-order chi connectivity index (χ1) is 14.1. The normalized spacial score (nSPS) is 14.2. The Labute approximate surface area is 193 Å². The summed E-state index contributed by atoms with van der Waals surface area (Å²) in [5.74, 6) is -0.290. The summed E-state index contributed by atoms with van der Waals surface area (Å²) in [6.07, 6.45) is 8.93. The van der Waals surface area contributed by atoms with Gasteiger partial charge in [0, 0.05) is 19.4 Å². The van der Waals surface area contributed by atoms with Gasteiger partial charge in [-0.3, -0.25) is 4.98 Å². The molecule has 3 nitrogen and oxygen atoms in total. The van der Waals surface area contributed by atoms with Gasteiger partial charge in [0.15, 0.2) is 16.6 Å². The van der Waals surface area contributed by atoms with Gasteiger partial charge < -0.3 is 8.85 Å². The number of hydrogen-bond acceptors (Lipinski definition) is 3. The molecule has 0 saturated carbocycles. The van der Waals surface area contributed by atoms with Gasteiger partial charge in [-0.1, -0.05) is 47.6 Å². The van der Waals surface area contributed by atoms with E-state index in [4.69, 9.17) is 8.85 Å². The van der Waals surface area contributed by atoms with Crippen molar-refractivity contribution in [1.82, 2.24) is 4.98 Å². The fraction of sp³-hybridized carbons (Fsp3) is 0.720. The van der Waals surface area contributed by atoms with E-state index in [1.54, 1.807) is 12.3 Å². The van der Waals surface area contributed by atoms with Crippen LogP contribution in [0.15, 0.2) is 24.5 Å². The highest BCUT2D eigenvalue weighted by Gasteiger charge is 2.37. The van der Waals surface area contributed by atoms with E-state index in [1.807, 2.05) is 0 Å². The van der Waals surface area contributed by atoms with Crippen molar-refractivity contribution in [2.75, 3.05) is 13.2 Å². The van der Waals surface area contributed by atoms with Crippen LogP contribution in [-0.2, 0) is 8.85 Å². The molecule has 1 aromatic rings. The standard InChI is InChI=1S/C25H46FNO2Si2/c1-24(2,3)30(7,8)28-16-12-11-14-21(22-18-23(26)20-27-19-22)15-13-17-29-31(9,10)25(4,5)6/h14,18-20H,11-13,15-17H2,1-10H3/b21-14+. The molecule has 0 atom stereocenters. The third-order valence-electron chi connectivity index (χ3n) is 6.94. The van der Waals surface area contributed by atoms with E-state index >= 15 is 0 Å². The van der Waals surface area contributed by atoms with Gasteiger partial charge in [-0.15, -0.1) is 0 Å². The number of unbranched alkanes of at least 4 members (excludes halogenated alkanes) is 1. The average Bonchev–Trinajstić information content (AvgIpc) is 2.61. The second kappa shape index (κ2) is 11.3. The van der Waals surface area contributed by atoms with Gasteiger partial charge in [0.25, 0.3) is 0 Å². The lowest BCUT2D eigenvalue weighted by Gasteiger charge is -2.36. The minimum Gasteiger partial charge on any atom is -0.417 e. The average molecular weight is 468 g/mol. The number of hydrogen-bond donors (Lipinski definition) is 0. The summed E-state index contributed by atoms with van der Waals surface area (Å²) in [7, 11) is -3.45. The van der Waals surface area contributed by atoms with Gasteiger partial charge in [0.1, 0.15) is 5.82 Å². The highest BCUT2D eigenvalue weighted by molar-refractivity contribution is 6.74. The number of aromatic nitrogens is 1. The smallest absolute Gasteiger partial charge is 0.191 e. The molecule has 1 rings (SSSR count). The summed E-state index contributed by atoms with van der Waals surface area (Å²) in [6, 6.07) is 1.58. The van der Waals surface area contributed by atoms with Gasteiger partial charge in [-0.05, 0) is 79.2 Å². The van der Waals surface area contributed by atoms with Crippen LogP contribution in [0, 0.1) is 5.82 Å². The Morgan fingerprint density at radius 3 is 1.90 bits per heavy atom. The summed E-state index contributed by atoms with van der Waals surface area (Å²) in [4.78, 5) is 4.05. The van der Waals surface area contributed by atoms with Crippen LogP contribution in [-0.4, -0.2) is 34.8 Å². The van der Waals surface area contributed by atoms with Crippen molar-refractivity contribution in [2.45, 2.75) is 103 Å². The van der Waals surface area contributed by atoms with Crippen molar-refractivity contribution >= 4 is 22.2 Å². The van der Waals surface area contributed by atoms with E-state index in [0.29, 0.717) is 0 Å². The highest BCUT2D eigenvalue weighted by Crippen LogP contribution is 2.37. The van der Waals surface area contributed by atoms with Crippen LogP contribution in [0.5, 0.6) is 0 Å². The van der Waals surface area contributed by atoms with Crippen LogP contribution in [0.4, 0.5) is 4.39 Å². The second-order valence-corrected chi connectivity index (χ2v) is 21.2. The van der Waals surface area contributed by atoms with Gasteiger partial charge in [-0.25, -0.2) is 4.39 Å². The van der Waals surface area contributed by atoms with Crippen LogP contribution in [0.2, 0.25) is 36.3 Å². The van der Waals surface area contributed by atoms with Crippen LogP contribution >= 0.6 is 0 Å². The number of halogens is 1. The van der Waals surface area contributed by atoms with E-state index < -0.39 is 16.6 Å². The Kier molecular flexibility index (Phi) is 10.3. The van der Waals surface area contributed by atoms with Gasteiger partial charge >= 0.3 is 0 Å². The number of allylic oxidation sites excluding steroid dienone is 2. The summed E-state index contributed by atoms with van der Waals surface area (Å²) in [5, 5.41) is 0.438. The summed E-state index contributed by atoms with van der Waals surface area (Å²) >= 11 is 0. The second-order valence-electron chi connectivity index (χ2n) is 11.6. The zero-order chi connectivity index (χ0) is 23.9. The van der Waals surface area contributed by atoms with Crippen molar-refractivity contribution < 1.29 is 13.2 Å². The topological polar surface area (TPSA) is 31.4 Å². The fourth-order valence-electron chi connectivity index (χ4n) is 2.66. The first kappa shape index (κ1) is 28.2. The van der Waals surface area contributed by atoms with Crippen LogP contribution in [0.1, 0.15) is 72.8 Å². The SMILES string of the molecule is CC(C)(C)[Si](C)(C)OCCC/C=C(\CCCO[Si](C)(C)C(C)(C)C)c1cncc(F)c1. The molecular formula is C25H46FNO2Si2. The van der Waals surface area contributed by atoms with Crippen LogP contribution < -0.4 is 0 Å². The quantitative estimate of drug-likeness (QED) is 0.243. The van der Waals surface area contributed by atoms with Gasteiger partial charge in [0.05, 0.1) is 6.20 Å². The molecule has 31 heavy (non-hydrogen) atoms. The maximum atomic E-state index is 13.8. The predicted octanol–water partition coefficient (Wildman–Crippen LogP) is 8.21. The molecule has 1 aromatic heterocycles. The first-order valence-corrected chi connectivity index (χ1v) is 17.5. The van der Waals surface area contributed by atoms with E-state index in [2.05, 4.69) is 78.8 Å². The lowest BCUT2D eigenvalue weighted by molar-refractivity contribution is 0.282. The Morgan fingerprint density at radius 2 is 1.42 bits per heavy atom. The van der Waals surface area contributed by atoms with Crippen molar-refractivity contribution in [1.29, 1.82) is 0 Å². The maximum Gasteiger partial charge on any atom is 0.191 e. The fourth-order valence-corrected chi connectivity index (χ4v) is 4.84. The predicted molar refractivity (Wildman–Crippen MR) is 137 cm³/mol. The highest BCUT2D eigenvalue weighted by atomic mass is 28.4. The molecule has 0 aliphatic carbocycles. The Bertz CT molecular complexity index is 719. The summed E-state index contributed by atoms with van der Waals surface area (Å²) < 4.78 is 26.4. The first-order valence-electron chi connectivity index (χ1n) is 11.6. The molecule has 0 aliphatic rings. The zero-order valence-corrected chi connectivity index (χ0v) is 23.7. The van der Waals surface area contributed by atoms with Gasteiger partial charge in [-0.2, -0.15) is 0 Å². The monoisotopic (exact) mass is 467 g/mol. The Balaban J connectivity index is 2.69. The molecule has 0 N–H and O–H groups in total. The molecule has 0 bridgehead atoms. The van der Waals surface area contributed by atoms with E-state index in [1.165, 1.54) is 6.20 Å². The van der Waals surface area contributed by atoms with Crippen molar-refractivity contribution in [3.8, 4) is 0 Å². The number of rotatable bonds is 11. The Hall–Kier alpha value is -0.826. The molecule has 0 fully saturated rings. The molecule has 0 saturated heterocycles. The summed E-state index contributed by atoms with van der Waals surface area (Å²) in [5.41, 5.74) is 2.02. The molecule has 0 radical (unpaired) electrons. The third-order valence-corrected chi connectivity index (χ3v) is 16.0. The molecule has 0 aliphatic heterocycles. The molecule has 178 valence electrons. The minimum atomic E-state index is -1.74. The van der Waals surface area contributed by atoms with Crippen molar-refractivity contribution in [2.24, 2.45) is 0 Å². The lowest BCUT2D eigenvalue weighted by Crippen LogP contribution is -2.40. The zero-order valence-electron chi connectivity index (χ0n) is 21.7. The minimum absolute atomic E-state index is 0.211. The maximum absolute atomic E-state index is 13.8. The van der Waals surface area contributed by atoms with E-state index in [0.717, 1.165) is 50.0 Å². The largest absolute Gasteiger partial charge is 0.417 e. The number of pyridine rings is 1. The molecule has 1 heterocycles. The third kappa shape index (κ3) is 9.28. The van der Waals surface area contributed by atoms with Gasteiger partial charge in [0.2, 0.25) is 0 Å².